The maximum Gasteiger partial charge on any atom is 0.337 e. The fourth-order valence-electron chi connectivity index (χ4n) is 6.12. The molecule has 0 aromatic heterocycles. The van der Waals surface area contributed by atoms with Crippen LogP contribution in [0.25, 0.3) is 0 Å². The summed E-state index contributed by atoms with van der Waals surface area (Å²) >= 11 is 0. The van der Waals surface area contributed by atoms with Crippen molar-refractivity contribution in [3.05, 3.63) is 82.2 Å². The third kappa shape index (κ3) is 4.89. The topological polar surface area (TPSA) is 73.9 Å². The van der Waals surface area contributed by atoms with Crippen LogP contribution in [0.2, 0.25) is 0 Å². The number of rotatable bonds is 6. The Balaban J connectivity index is 1.59. The third-order valence-electron chi connectivity index (χ3n) is 7.89. The molecule has 6 heteroatoms. The second-order valence-corrected chi connectivity index (χ2v) is 10.2. The predicted octanol–water partition coefficient (Wildman–Crippen LogP) is 5.94. The Morgan fingerprint density at radius 1 is 0.919 bits per heavy atom. The van der Waals surface area contributed by atoms with Gasteiger partial charge in [-0.1, -0.05) is 48.9 Å². The van der Waals surface area contributed by atoms with E-state index in [1.54, 1.807) is 14.2 Å². The second-order valence-electron chi connectivity index (χ2n) is 10.2. The molecule has 0 bridgehead atoms. The zero-order valence-electron chi connectivity index (χ0n) is 21.8. The second kappa shape index (κ2) is 10.8. The van der Waals surface area contributed by atoms with Crippen LogP contribution in [-0.4, -0.2) is 32.1 Å². The number of nitrogens with one attached hydrogen (secondary N) is 1. The molecule has 37 heavy (non-hydrogen) atoms. The van der Waals surface area contributed by atoms with Gasteiger partial charge in [0.05, 0.1) is 25.7 Å². The van der Waals surface area contributed by atoms with Gasteiger partial charge in [-0.15, -0.1) is 0 Å². The first-order chi connectivity index (χ1) is 18.0. The SMILES string of the molecule is COc1cccc([C@@H]2C(C(=O)OC3CCCCC3)=C(C)NC3=C2C(=O)C[C@@H](c2ccccc2)C3)c1OC. The van der Waals surface area contributed by atoms with E-state index in [4.69, 9.17) is 14.2 Å². The summed E-state index contributed by atoms with van der Waals surface area (Å²) in [6.07, 6.45) is 6.05. The number of ketones is 1. The maximum atomic E-state index is 13.9. The smallest absolute Gasteiger partial charge is 0.337 e. The maximum absolute atomic E-state index is 13.9. The molecule has 0 spiro atoms. The van der Waals surface area contributed by atoms with Crippen LogP contribution in [0.4, 0.5) is 0 Å². The number of allylic oxidation sites excluding steroid dienone is 3. The summed E-state index contributed by atoms with van der Waals surface area (Å²) in [6.45, 7) is 1.90. The first-order valence-corrected chi connectivity index (χ1v) is 13.2. The summed E-state index contributed by atoms with van der Waals surface area (Å²) in [4.78, 5) is 27.6. The molecule has 2 aromatic carbocycles. The summed E-state index contributed by atoms with van der Waals surface area (Å²) < 4.78 is 17.4. The van der Waals surface area contributed by atoms with E-state index in [1.807, 2.05) is 43.3 Å². The van der Waals surface area contributed by atoms with Crippen LogP contribution < -0.4 is 14.8 Å². The van der Waals surface area contributed by atoms with Crippen molar-refractivity contribution < 1.29 is 23.8 Å². The van der Waals surface area contributed by atoms with Gasteiger partial charge in [-0.3, -0.25) is 4.79 Å². The molecule has 0 unspecified atom stereocenters. The van der Waals surface area contributed by atoms with Crippen LogP contribution in [0.1, 0.15) is 74.8 Å². The van der Waals surface area contributed by atoms with E-state index in [2.05, 4.69) is 17.4 Å². The number of carbonyl (C=O) groups is 2. The Morgan fingerprint density at radius 2 is 1.68 bits per heavy atom. The summed E-state index contributed by atoms with van der Waals surface area (Å²) in [5, 5.41) is 3.45. The monoisotopic (exact) mass is 501 g/mol. The standard InChI is InChI=1S/C31H35NO5/c1-19-27(31(34)37-22-13-8-5-9-14-22)28(23-15-10-16-26(35-2)30(23)36-3)29-24(32-19)17-21(18-25(29)33)20-11-6-4-7-12-20/h4,6-7,10-12,15-16,21-22,28,32H,5,8-9,13-14,17-18H2,1-3H3/t21-,28+/m0/s1. The van der Waals surface area contributed by atoms with Crippen molar-refractivity contribution >= 4 is 11.8 Å². The van der Waals surface area contributed by atoms with E-state index < -0.39 is 5.92 Å². The molecule has 6 nitrogen and oxygen atoms in total. The van der Waals surface area contributed by atoms with E-state index in [1.165, 1.54) is 6.42 Å². The number of para-hydroxylation sites is 1. The lowest BCUT2D eigenvalue weighted by Gasteiger charge is -2.37. The molecule has 3 aliphatic rings. The highest BCUT2D eigenvalue weighted by molar-refractivity contribution is 6.04. The molecule has 5 rings (SSSR count). The molecule has 0 radical (unpaired) electrons. The normalized spacial score (nSPS) is 22.3. The number of carbonyl (C=O) groups excluding carboxylic acids is 2. The molecule has 1 saturated carbocycles. The summed E-state index contributed by atoms with van der Waals surface area (Å²) in [5.41, 5.74) is 4.56. The molecule has 1 N–H and O–H groups in total. The highest BCUT2D eigenvalue weighted by Crippen LogP contribution is 2.49. The number of benzene rings is 2. The minimum atomic E-state index is -0.596. The zero-order valence-corrected chi connectivity index (χ0v) is 21.8. The van der Waals surface area contributed by atoms with E-state index in [9.17, 15) is 9.59 Å². The van der Waals surface area contributed by atoms with Crippen molar-refractivity contribution in [2.24, 2.45) is 0 Å². The molecule has 2 aliphatic carbocycles. The molecule has 2 atom stereocenters. The number of methoxy groups -OCH3 is 2. The number of dihydropyridines is 1. The van der Waals surface area contributed by atoms with Gasteiger partial charge in [0.25, 0.3) is 0 Å². The van der Waals surface area contributed by atoms with Gasteiger partial charge in [-0.25, -0.2) is 4.79 Å². The molecular weight excluding hydrogens is 466 g/mol. The van der Waals surface area contributed by atoms with E-state index >= 15 is 0 Å². The largest absolute Gasteiger partial charge is 0.493 e. The minimum Gasteiger partial charge on any atom is -0.493 e. The predicted molar refractivity (Wildman–Crippen MR) is 142 cm³/mol. The van der Waals surface area contributed by atoms with Crippen LogP contribution in [-0.2, 0) is 14.3 Å². The third-order valence-corrected chi connectivity index (χ3v) is 7.89. The molecule has 0 saturated heterocycles. The molecule has 1 fully saturated rings. The fourth-order valence-corrected chi connectivity index (χ4v) is 6.12. The molecule has 1 heterocycles. The van der Waals surface area contributed by atoms with Crippen molar-refractivity contribution in [3.8, 4) is 11.5 Å². The van der Waals surface area contributed by atoms with Gasteiger partial charge in [0.1, 0.15) is 6.10 Å². The van der Waals surface area contributed by atoms with Crippen LogP contribution in [0.3, 0.4) is 0 Å². The molecule has 2 aromatic rings. The number of hydrogen-bond donors (Lipinski definition) is 1. The Labute approximate surface area is 218 Å². The van der Waals surface area contributed by atoms with E-state index in [0.717, 1.165) is 48.2 Å². The summed E-state index contributed by atoms with van der Waals surface area (Å²) in [5.74, 6) is 0.239. The van der Waals surface area contributed by atoms with Gasteiger partial charge < -0.3 is 19.5 Å². The fraction of sp³-hybridized carbons (Fsp3) is 0.419. The van der Waals surface area contributed by atoms with Gasteiger partial charge >= 0.3 is 5.97 Å². The lowest BCUT2D eigenvalue weighted by atomic mass is 9.71. The average molecular weight is 502 g/mol. The number of Topliss-reactive ketones (excluding diaryl/α,β-unsaturated/α-hetero) is 1. The highest BCUT2D eigenvalue weighted by Gasteiger charge is 2.43. The van der Waals surface area contributed by atoms with Gasteiger partial charge in [0.2, 0.25) is 0 Å². The molecular formula is C31H35NO5. The number of esters is 1. The molecule has 1 aliphatic heterocycles. The Kier molecular flexibility index (Phi) is 7.36. The van der Waals surface area contributed by atoms with E-state index in [0.29, 0.717) is 35.5 Å². The lowest BCUT2D eigenvalue weighted by Crippen LogP contribution is -2.37. The lowest BCUT2D eigenvalue weighted by molar-refractivity contribution is -0.146. The van der Waals surface area contributed by atoms with Crippen LogP contribution in [0, 0.1) is 0 Å². The van der Waals surface area contributed by atoms with Crippen molar-refractivity contribution in [2.45, 2.75) is 69.8 Å². The van der Waals surface area contributed by atoms with Crippen LogP contribution in [0.5, 0.6) is 11.5 Å². The van der Waals surface area contributed by atoms with Gasteiger partial charge in [0, 0.05) is 29.0 Å². The Morgan fingerprint density at radius 3 is 2.38 bits per heavy atom. The first-order valence-electron chi connectivity index (χ1n) is 13.2. The van der Waals surface area contributed by atoms with Crippen molar-refractivity contribution in [3.63, 3.8) is 0 Å². The Hall–Kier alpha value is -3.54. The summed E-state index contributed by atoms with van der Waals surface area (Å²) in [7, 11) is 3.17. The summed E-state index contributed by atoms with van der Waals surface area (Å²) in [6, 6.07) is 15.8. The number of ether oxygens (including phenoxy) is 3. The average Bonchev–Trinajstić information content (AvgIpc) is 2.92. The molecule has 194 valence electrons. The number of hydrogen-bond acceptors (Lipinski definition) is 6. The van der Waals surface area contributed by atoms with Gasteiger partial charge in [0.15, 0.2) is 17.3 Å². The van der Waals surface area contributed by atoms with Crippen LogP contribution >= 0.6 is 0 Å². The van der Waals surface area contributed by atoms with Crippen molar-refractivity contribution in [1.82, 2.24) is 5.32 Å². The van der Waals surface area contributed by atoms with Crippen molar-refractivity contribution in [2.75, 3.05) is 14.2 Å². The van der Waals surface area contributed by atoms with Gasteiger partial charge in [-0.2, -0.15) is 0 Å². The minimum absolute atomic E-state index is 0.0351. The van der Waals surface area contributed by atoms with Crippen LogP contribution in [0.15, 0.2) is 71.1 Å². The highest BCUT2D eigenvalue weighted by atomic mass is 16.5. The van der Waals surface area contributed by atoms with Gasteiger partial charge in [-0.05, 0) is 56.6 Å². The molecule has 0 amide bonds. The first kappa shape index (κ1) is 25.1. The van der Waals surface area contributed by atoms with E-state index in [-0.39, 0.29) is 23.8 Å². The quantitative estimate of drug-likeness (QED) is 0.494. The zero-order chi connectivity index (χ0) is 25.9. The Bertz CT molecular complexity index is 1240. The van der Waals surface area contributed by atoms with Crippen molar-refractivity contribution in [1.29, 1.82) is 0 Å².